The molecule has 0 spiro atoms. The zero-order valence-corrected chi connectivity index (χ0v) is 17.5. The third kappa shape index (κ3) is 5.00. The summed E-state index contributed by atoms with van der Waals surface area (Å²) in [6.45, 7) is 6.20. The Morgan fingerprint density at radius 1 is 1.03 bits per heavy atom. The van der Waals surface area contributed by atoms with E-state index in [-0.39, 0.29) is 11.2 Å². The first-order chi connectivity index (χ1) is 14.5. The van der Waals surface area contributed by atoms with E-state index < -0.39 is 12.1 Å². The summed E-state index contributed by atoms with van der Waals surface area (Å²) < 4.78 is 22.2. The van der Waals surface area contributed by atoms with Gasteiger partial charge in [-0.25, -0.2) is 4.79 Å². The van der Waals surface area contributed by atoms with Gasteiger partial charge in [0.2, 0.25) is 11.2 Å². The molecule has 2 aromatic carbocycles. The Morgan fingerprint density at radius 2 is 1.77 bits per heavy atom. The number of carbonyl (C=O) groups is 1. The Kier molecular flexibility index (Phi) is 7.12. The lowest BCUT2D eigenvalue weighted by molar-refractivity contribution is -0.152. The van der Waals surface area contributed by atoms with E-state index in [1.54, 1.807) is 18.2 Å². The Labute approximate surface area is 175 Å². The van der Waals surface area contributed by atoms with E-state index in [1.807, 2.05) is 38.1 Å². The highest BCUT2D eigenvalue weighted by molar-refractivity contribution is 5.79. The third-order valence-electron chi connectivity index (χ3n) is 4.63. The quantitative estimate of drug-likeness (QED) is 0.448. The van der Waals surface area contributed by atoms with Gasteiger partial charge in [-0.15, -0.1) is 0 Å². The SMILES string of the molecule is CCCOC(=O)[C@H](CC)Oc1ccc2c(=O)c(Oc3ccc(CC)cc3)coc2c1. The topological polar surface area (TPSA) is 75.0 Å². The molecule has 0 aliphatic heterocycles. The lowest BCUT2D eigenvalue weighted by atomic mass is 10.2. The fraction of sp³-hybridized carbons (Fsp3) is 0.333. The number of aryl methyl sites for hydroxylation is 1. The maximum absolute atomic E-state index is 12.8. The second-order valence-corrected chi connectivity index (χ2v) is 6.87. The lowest BCUT2D eigenvalue weighted by Gasteiger charge is -2.16. The molecule has 0 unspecified atom stereocenters. The summed E-state index contributed by atoms with van der Waals surface area (Å²) in [5.74, 6) is 0.693. The summed E-state index contributed by atoms with van der Waals surface area (Å²) in [5, 5.41) is 0.367. The standard InChI is InChI=1S/C24H26O6/c1-4-13-27-24(26)20(6-3)30-18-11-12-19-21(14-18)28-15-22(23(19)25)29-17-9-7-16(5-2)8-10-17/h7-12,14-15,20H,4-6,13H2,1-3H3/t20-/m0/s1. The van der Waals surface area contributed by atoms with E-state index in [1.165, 1.54) is 11.8 Å². The zero-order valence-electron chi connectivity index (χ0n) is 17.5. The normalized spacial score (nSPS) is 11.8. The number of hydrogen-bond acceptors (Lipinski definition) is 6. The molecule has 0 bridgehead atoms. The van der Waals surface area contributed by atoms with Crippen molar-refractivity contribution >= 4 is 16.9 Å². The molecule has 0 N–H and O–H groups in total. The van der Waals surface area contributed by atoms with E-state index in [9.17, 15) is 9.59 Å². The van der Waals surface area contributed by atoms with Crippen LogP contribution in [0.1, 0.15) is 39.2 Å². The Balaban J connectivity index is 1.79. The molecule has 3 rings (SSSR count). The fourth-order valence-electron chi connectivity index (χ4n) is 2.91. The number of fused-ring (bicyclic) bond motifs is 1. The summed E-state index contributed by atoms with van der Waals surface area (Å²) in [7, 11) is 0. The molecule has 0 aliphatic rings. The maximum Gasteiger partial charge on any atom is 0.347 e. The van der Waals surface area contributed by atoms with Gasteiger partial charge < -0.3 is 18.6 Å². The molecule has 3 aromatic rings. The van der Waals surface area contributed by atoms with Crippen molar-refractivity contribution in [3.8, 4) is 17.2 Å². The minimum absolute atomic E-state index is 0.106. The van der Waals surface area contributed by atoms with Gasteiger partial charge >= 0.3 is 5.97 Å². The van der Waals surface area contributed by atoms with E-state index in [0.29, 0.717) is 35.5 Å². The van der Waals surface area contributed by atoms with Gasteiger partial charge in [0.25, 0.3) is 0 Å². The van der Waals surface area contributed by atoms with Crippen molar-refractivity contribution in [3.05, 3.63) is 64.5 Å². The number of rotatable bonds is 9. The van der Waals surface area contributed by atoms with Crippen LogP contribution in [0.3, 0.4) is 0 Å². The van der Waals surface area contributed by atoms with Crippen LogP contribution in [-0.4, -0.2) is 18.7 Å². The molecule has 30 heavy (non-hydrogen) atoms. The molecule has 6 heteroatoms. The van der Waals surface area contributed by atoms with Gasteiger partial charge in [0.1, 0.15) is 23.3 Å². The van der Waals surface area contributed by atoms with Crippen LogP contribution in [-0.2, 0) is 16.0 Å². The molecule has 0 radical (unpaired) electrons. The van der Waals surface area contributed by atoms with Crippen LogP contribution in [0, 0.1) is 0 Å². The summed E-state index contributed by atoms with van der Waals surface area (Å²) in [4.78, 5) is 24.8. The molecule has 6 nitrogen and oxygen atoms in total. The number of esters is 1. The number of hydrogen-bond donors (Lipinski definition) is 0. The average molecular weight is 410 g/mol. The summed E-state index contributed by atoms with van der Waals surface area (Å²) >= 11 is 0. The molecule has 0 amide bonds. The van der Waals surface area contributed by atoms with Crippen LogP contribution in [0.2, 0.25) is 0 Å². The molecular weight excluding hydrogens is 384 g/mol. The lowest BCUT2D eigenvalue weighted by Crippen LogP contribution is -2.28. The molecular formula is C24H26O6. The largest absolute Gasteiger partial charge is 0.479 e. The van der Waals surface area contributed by atoms with Crippen LogP contribution in [0.5, 0.6) is 17.2 Å². The van der Waals surface area contributed by atoms with Crippen molar-refractivity contribution in [2.45, 2.75) is 46.1 Å². The van der Waals surface area contributed by atoms with Crippen molar-refractivity contribution in [3.63, 3.8) is 0 Å². The van der Waals surface area contributed by atoms with Crippen molar-refractivity contribution in [2.24, 2.45) is 0 Å². The van der Waals surface area contributed by atoms with Crippen LogP contribution in [0.25, 0.3) is 11.0 Å². The average Bonchev–Trinajstić information content (AvgIpc) is 2.78. The Bertz CT molecular complexity index is 1050. The molecule has 1 heterocycles. The second-order valence-electron chi connectivity index (χ2n) is 6.87. The monoisotopic (exact) mass is 410 g/mol. The molecule has 0 aliphatic carbocycles. The van der Waals surface area contributed by atoms with Crippen LogP contribution >= 0.6 is 0 Å². The van der Waals surface area contributed by atoms with Crippen molar-refractivity contribution in [1.82, 2.24) is 0 Å². The van der Waals surface area contributed by atoms with Crippen LogP contribution < -0.4 is 14.9 Å². The van der Waals surface area contributed by atoms with Crippen LogP contribution in [0.4, 0.5) is 0 Å². The molecule has 158 valence electrons. The van der Waals surface area contributed by atoms with Gasteiger partial charge in [0.15, 0.2) is 6.10 Å². The van der Waals surface area contributed by atoms with Gasteiger partial charge in [0.05, 0.1) is 12.0 Å². The molecule has 0 saturated carbocycles. The van der Waals surface area contributed by atoms with Crippen molar-refractivity contribution < 1.29 is 23.4 Å². The first-order valence-corrected chi connectivity index (χ1v) is 10.2. The van der Waals surface area contributed by atoms with Crippen molar-refractivity contribution in [1.29, 1.82) is 0 Å². The number of carbonyl (C=O) groups excluding carboxylic acids is 1. The first kappa shape index (κ1) is 21.4. The van der Waals surface area contributed by atoms with Gasteiger partial charge in [-0.3, -0.25) is 4.79 Å². The predicted molar refractivity (Wildman–Crippen MR) is 114 cm³/mol. The minimum Gasteiger partial charge on any atom is -0.479 e. The smallest absolute Gasteiger partial charge is 0.347 e. The zero-order chi connectivity index (χ0) is 21.5. The van der Waals surface area contributed by atoms with Gasteiger partial charge in [-0.1, -0.05) is 32.9 Å². The molecule has 0 saturated heterocycles. The maximum atomic E-state index is 12.8. The third-order valence-corrected chi connectivity index (χ3v) is 4.63. The first-order valence-electron chi connectivity index (χ1n) is 10.2. The van der Waals surface area contributed by atoms with Gasteiger partial charge in [-0.2, -0.15) is 0 Å². The molecule has 1 aromatic heterocycles. The van der Waals surface area contributed by atoms with Crippen LogP contribution in [0.15, 0.2) is 57.9 Å². The molecule has 0 fully saturated rings. The molecule has 1 atom stereocenters. The Hall–Kier alpha value is -3.28. The highest BCUT2D eigenvalue weighted by Gasteiger charge is 2.20. The van der Waals surface area contributed by atoms with E-state index in [0.717, 1.165) is 12.8 Å². The summed E-state index contributed by atoms with van der Waals surface area (Å²) in [5.41, 5.74) is 1.25. The number of ether oxygens (including phenoxy) is 3. The highest BCUT2D eigenvalue weighted by Crippen LogP contribution is 2.25. The predicted octanol–water partition coefficient (Wildman–Crippen LogP) is 5.26. The minimum atomic E-state index is -0.713. The number of benzene rings is 2. The van der Waals surface area contributed by atoms with E-state index >= 15 is 0 Å². The van der Waals surface area contributed by atoms with E-state index in [4.69, 9.17) is 18.6 Å². The van der Waals surface area contributed by atoms with E-state index in [2.05, 4.69) is 6.92 Å². The summed E-state index contributed by atoms with van der Waals surface area (Å²) in [6, 6.07) is 12.4. The fourth-order valence-corrected chi connectivity index (χ4v) is 2.91. The summed E-state index contributed by atoms with van der Waals surface area (Å²) in [6.07, 6.45) is 2.71. The highest BCUT2D eigenvalue weighted by atomic mass is 16.6. The second kappa shape index (κ2) is 9.96. The van der Waals surface area contributed by atoms with Crippen molar-refractivity contribution in [2.75, 3.05) is 6.61 Å². The Morgan fingerprint density at radius 3 is 2.43 bits per heavy atom. The van der Waals surface area contributed by atoms with Gasteiger partial charge in [0, 0.05) is 6.07 Å². The van der Waals surface area contributed by atoms with Gasteiger partial charge in [-0.05, 0) is 49.1 Å².